The van der Waals surface area contributed by atoms with Gasteiger partial charge in [-0.25, -0.2) is 4.79 Å². The Hall–Kier alpha value is -1.83. The van der Waals surface area contributed by atoms with E-state index in [1.54, 1.807) is 12.1 Å². The molecule has 15 heavy (non-hydrogen) atoms. The number of hydrogen-bond acceptors (Lipinski definition) is 2. The Bertz CT molecular complexity index is 386. The lowest BCUT2D eigenvalue weighted by Gasteiger charge is -1.99. The number of esters is 1. The van der Waals surface area contributed by atoms with Crippen LogP contribution in [0.2, 0.25) is 0 Å². The zero-order valence-electron chi connectivity index (χ0n) is 8.99. The van der Waals surface area contributed by atoms with E-state index in [0.717, 1.165) is 11.1 Å². The molecule has 2 heteroatoms. The van der Waals surface area contributed by atoms with Crippen LogP contribution in [0.4, 0.5) is 0 Å². The quantitative estimate of drug-likeness (QED) is 0.556. The average molecular weight is 202 g/mol. The molecule has 0 saturated carbocycles. The van der Waals surface area contributed by atoms with Gasteiger partial charge in [-0.15, -0.1) is 0 Å². The van der Waals surface area contributed by atoms with Gasteiger partial charge in [0.25, 0.3) is 0 Å². The minimum Gasteiger partial charge on any atom is -0.465 e. The van der Waals surface area contributed by atoms with Gasteiger partial charge in [-0.1, -0.05) is 36.4 Å². The van der Waals surface area contributed by atoms with Gasteiger partial charge in [0.1, 0.15) is 0 Å². The van der Waals surface area contributed by atoms with Gasteiger partial charge in [0.05, 0.1) is 12.7 Å². The molecule has 0 radical (unpaired) electrons. The molecule has 0 heterocycles. The van der Waals surface area contributed by atoms with Gasteiger partial charge >= 0.3 is 5.97 Å². The van der Waals surface area contributed by atoms with Crippen LogP contribution >= 0.6 is 0 Å². The number of hydrogen-bond donors (Lipinski definition) is 0. The molecule has 1 rings (SSSR count). The standard InChI is InChI=1S/C13H14O2/c1-10(2)4-5-11-6-8-12(9-7-11)13(14)15-3/h4-9H,1H2,2-3H3/b5-4+. The number of methoxy groups -OCH3 is 1. The Balaban J connectivity index is 2.81. The molecule has 0 fully saturated rings. The fourth-order valence-corrected chi connectivity index (χ4v) is 1.09. The predicted octanol–water partition coefficient (Wildman–Crippen LogP) is 3.06. The third-order valence-electron chi connectivity index (χ3n) is 1.89. The summed E-state index contributed by atoms with van der Waals surface area (Å²) in [5.41, 5.74) is 2.59. The first kappa shape index (κ1) is 11.2. The van der Waals surface area contributed by atoms with E-state index >= 15 is 0 Å². The average Bonchev–Trinajstić information content (AvgIpc) is 2.26. The van der Waals surface area contributed by atoms with Crippen LogP contribution in [0.15, 0.2) is 42.5 Å². The van der Waals surface area contributed by atoms with Crippen molar-refractivity contribution in [3.05, 3.63) is 53.6 Å². The van der Waals surface area contributed by atoms with Crippen molar-refractivity contribution in [2.75, 3.05) is 7.11 Å². The molecule has 0 unspecified atom stereocenters. The van der Waals surface area contributed by atoms with Crippen molar-refractivity contribution in [1.82, 2.24) is 0 Å². The highest BCUT2D eigenvalue weighted by Gasteiger charge is 2.02. The SMILES string of the molecule is C=C(C)/C=C/c1ccc(C(=O)OC)cc1. The van der Waals surface area contributed by atoms with E-state index in [0.29, 0.717) is 5.56 Å². The predicted molar refractivity (Wildman–Crippen MR) is 61.6 cm³/mol. The van der Waals surface area contributed by atoms with Gasteiger partial charge in [0, 0.05) is 0 Å². The fraction of sp³-hybridized carbons (Fsp3) is 0.154. The number of allylic oxidation sites excluding steroid dienone is 2. The van der Waals surface area contributed by atoms with Gasteiger partial charge in [-0.05, 0) is 24.6 Å². The Morgan fingerprint density at radius 3 is 2.40 bits per heavy atom. The van der Waals surface area contributed by atoms with E-state index in [9.17, 15) is 4.79 Å². The highest BCUT2D eigenvalue weighted by Crippen LogP contribution is 2.08. The largest absolute Gasteiger partial charge is 0.465 e. The topological polar surface area (TPSA) is 26.3 Å². The first-order valence-corrected chi connectivity index (χ1v) is 4.65. The summed E-state index contributed by atoms with van der Waals surface area (Å²) in [6.07, 6.45) is 3.87. The second kappa shape index (κ2) is 5.15. The number of ether oxygens (including phenoxy) is 1. The van der Waals surface area contributed by atoms with E-state index < -0.39 is 0 Å². The van der Waals surface area contributed by atoms with Gasteiger partial charge in [-0.3, -0.25) is 0 Å². The maximum Gasteiger partial charge on any atom is 0.337 e. The third-order valence-corrected chi connectivity index (χ3v) is 1.89. The first-order chi connectivity index (χ1) is 7.13. The summed E-state index contributed by atoms with van der Waals surface area (Å²) in [5, 5.41) is 0. The fourth-order valence-electron chi connectivity index (χ4n) is 1.09. The molecule has 0 spiro atoms. The van der Waals surface area contributed by atoms with Crippen LogP contribution in [0.5, 0.6) is 0 Å². The summed E-state index contributed by atoms with van der Waals surface area (Å²) in [6.45, 7) is 5.70. The second-order valence-electron chi connectivity index (χ2n) is 3.29. The molecule has 0 aliphatic heterocycles. The highest BCUT2D eigenvalue weighted by molar-refractivity contribution is 5.89. The summed E-state index contributed by atoms with van der Waals surface area (Å²) in [7, 11) is 1.37. The van der Waals surface area contributed by atoms with Crippen LogP contribution in [0.1, 0.15) is 22.8 Å². The second-order valence-corrected chi connectivity index (χ2v) is 3.29. The zero-order chi connectivity index (χ0) is 11.3. The van der Waals surface area contributed by atoms with Crippen LogP contribution < -0.4 is 0 Å². The van der Waals surface area contributed by atoms with Crippen molar-refractivity contribution in [3.63, 3.8) is 0 Å². The van der Waals surface area contributed by atoms with Gasteiger partial charge in [-0.2, -0.15) is 0 Å². The molecule has 0 aliphatic carbocycles. The summed E-state index contributed by atoms with van der Waals surface area (Å²) >= 11 is 0. The Kier molecular flexibility index (Phi) is 3.86. The zero-order valence-corrected chi connectivity index (χ0v) is 8.99. The van der Waals surface area contributed by atoms with E-state index in [1.807, 2.05) is 31.2 Å². The van der Waals surface area contributed by atoms with Gasteiger partial charge in [0.15, 0.2) is 0 Å². The van der Waals surface area contributed by atoms with Crippen LogP contribution in [0.3, 0.4) is 0 Å². The van der Waals surface area contributed by atoms with Crippen molar-refractivity contribution >= 4 is 12.0 Å². The lowest BCUT2D eigenvalue weighted by molar-refractivity contribution is 0.0601. The molecule has 0 aromatic heterocycles. The van der Waals surface area contributed by atoms with Crippen molar-refractivity contribution in [2.24, 2.45) is 0 Å². The Labute approximate surface area is 89.9 Å². The molecule has 2 nitrogen and oxygen atoms in total. The van der Waals surface area contributed by atoms with Crippen LogP contribution in [0.25, 0.3) is 6.08 Å². The highest BCUT2D eigenvalue weighted by atomic mass is 16.5. The van der Waals surface area contributed by atoms with Crippen LogP contribution in [0, 0.1) is 0 Å². The molecule has 0 amide bonds. The lowest BCUT2D eigenvalue weighted by atomic mass is 10.1. The number of rotatable bonds is 3. The maximum absolute atomic E-state index is 11.1. The lowest BCUT2D eigenvalue weighted by Crippen LogP contribution is -2.00. The normalized spacial score (nSPS) is 10.3. The number of benzene rings is 1. The molecule has 1 aromatic carbocycles. The van der Waals surface area contributed by atoms with Crippen LogP contribution in [-0.2, 0) is 4.74 Å². The molecule has 0 saturated heterocycles. The van der Waals surface area contributed by atoms with Crippen LogP contribution in [-0.4, -0.2) is 13.1 Å². The monoisotopic (exact) mass is 202 g/mol. The minimum atomic E-state index is -0.314. The van der Waals surface area contributed by atoms with Crippen molar-refractivity contribution in [1.29, 1.82) is 0 Å². The molecular weight excluding hydrogens is 188 g/mol. The summed E-state index contributed by atoms with van der Waals surface area (Å²) in [6, 6.07) is 7.21. The van der Waals surface area contributed by atoms with E-state index in [4.69, 9.17) is 0 Å². The smallest absolute Gasteiger partial charge is 0.337 e. The van der Waals surface area contributed by atoms with Crippen molar-refractivity contribution < 1.29 is 9.53 Å². The van der Waals surface area contributed by atoms with Crippen molar-refractivity contribution in [3.8, 4) is 0 Å². The summed E-state index contributed by atoms with van der Waals surface area (Å²) in [4.78, 5) is 11.1. The Morgan fingerprint density at radius 1 is 1.33 bits per heavy atom. The van der Waals surface area contributed by atoms with Gasteiger partial charge in [0.2, 0.25) is 0 Å². The van der Waals surface area contributed by atoms with E-state index in [2.05, 4.69) is 11.3 Å². The summed E-state index contributed by atoms with van der Waals surface area (Å²) < 4.78 is 4.60. The third kappa shape index (κ3) is 3.43. The molecule has 0 bridgehead atoms. The number of carbonyl (C=O) groups excluding carboxylic acids is 1. The molecular formula is C13H14O2. The molecule has 1 aromatic rings. The molecule has 0 atom stereocenters. The summed E-state index contributed by atoms with van der Waals surface area (Å²) in [5.74, 6) is -0.314. The maximum atomic E-state index is 11.1. The molecule has 0 N–H and O–H groups in total. The first-order valence-electron chi connectivity index (χ1n) is 4.65. The van der Waals surface area contributed by atoms with Gasteiger partial charge < -0.3 is 4.74 Å². The number of carbonyl (C=O) groups is 1. The van der Waals surface area contributed by atoms with E-state index in [1.165, 1.54) is 7.11 Å². The molecule has 78 valence electrons. The molecule has 0 aliphatic rings. The van der Waals surface area contributed by atoms with E-state index in [-0.39, 0.29) is 5.97 Å². The van der Waals surface area contributed by atoms with Crippen molar-refractivity contribution in [2.45, 2.75) is 6.92 Å². The Morgan fingerprint density at radius 2 is 1.93 bits per heavy atom. The minimum absolute atomic E-state index is 0.314.